The number of fused-ring (bicyclic) bond motifs is 2. The molecule has 1 saturated carbocycles. The molecule has 4 atom stereocenters. The number of carboxylic acids is 1. The Kier molecular flexibility index (Phi) is 3.10. The molecule has 2 bridgehead atoms. The normalized spacial score (nSPS) is 34.0. The number of aliphatic carboxylic acids is 1. The Hall–Kier alpha value is -2.08. The first-order valence-electron chi connectivity index (χ1n) is 7.05. The van der Waals surface area contributed by atoms with E-state index in [-0.39, 0.29) is 18.3 Å². The van der Waals surface area contributed by atoms with Gasteiger partial charge < -0.3 is 5.11 Å². The van der Waals surface area contributed by atoms with Crippen molar-refractivity contribution in [2.75, 3.05) is 0 Å². The maximum atomic E-state index is 10.9. The van der Waals surface area contributed by atoms with Gasteiger partial charge in [-0.25, -0.2) is 0 Å². The summed E-state index contributed by atoms with van der Waals surface area (Å²) in [5, 5.41) is 18.9. The molecule has 3 rings (SSSR count). The van der Waals surface area contributed by atoms with Crippen LogP contribution >= 0.6 is 0 Å². The zero-order chi connectivity index (χ0) is 14.2. The van der Waals surface area contributed by atoms with Crippen LogP contribution in [-0.2, 0) is 10.2 Å². The molecule has 0 amide bonds. The average molecular weight is 267 g/mol. The molecular weight excluding hydrogens is 250 g/mol. The van der Waals surface area contributed by atoms with Crippen molar-refractivity contribution in [3.8, 4) is 6.07 Å². The summed E-state index contributed by atoms with van der Waals surface area (Å²) in [5.41, 5.74) is 0.491. The summed E-state index contributed by atoms with van der Waals surface area (Å²) in [7, 11) is 0. The summed E-state index contributed by atoms with van der Waals surface area (Å²) in [6, 6.07) is 12.4. The van der Waals surface area contributed by atoms with Crippen LogP contribution in [-0.4, -0.2) is 11.1 Å². The molecule has 2 aliphatic carbocycles. The highest BCUT2D eigenvalue weighted by Crippen LogP contribution is 2.58. The maximum absolute atomic E-state index is 10.9. The fourth-order valence-electron chi connectivity index (χ4n) is 4.07. The zero-order valence-electron chi connectivity index (χ0n) is 11.2. The van der Waals surface area contributed by atoms with Gasteiger partial charge in [0.05, 0.1) is 11.5 Å². The fourth-order valence-corrected chi connectivity index (χ4v) is 4.07. The van der Waals surface area contributed by atoms with E-state index in [4.69, 9.17) is 5.11 Å². The van der Waals surface area contributed by atoms with Gasteiger partial charge in [-0.1, -0.05) is 42.5 Å². The molecular formula is C17H17NO2. The lowest BCUT2D eigenvalue weighted by atomic mass is 9.64. The topological polar surface area (TPSA) is 61.1 Å². The second-order valence-electron chi connectivity index (χ2n) is 5.78. The molecule has 1 N–H and O–H groups in total. The number of carbonyl (C=O) groups is 1. The van der Waals surface area contributed by atoms with Gasteiger partial charge in [0.25, 0.3) is 0 Å². The van der Waals surface area contributed by atoms with Crippen LogP contribution in [0.25, 0.3) is 0 Å². The molecule has 0 saturated heterocycles. The summed E-state index contributed by atoms with van der Waals surface area (Å²) in [4.78, 5) is 10.9. The fraction of sp³-hybridized carbons (Fsp3) is 0.412. The van der Waals surface area contributed by atoms with Crippen molar-refractivity contribution < 1.29 is 9.90 Å². The lowest BCUT2D eigenvalue weighted by Gasteiger charge is -2.36. The summed E-state index contributed by atoms with van der Waals surface area (Å²) in [5.74, 6) is -0.101. The Morgan fingerprint density at radius 3 is 2.75 bits per heavy atom. The molecule has 0 radical (unpaired) electrons. The molecule has 1 aromatic rings. The van der Waals surface area contributed by atoms with Crippen LogP contribution in [0, 0.1) is 29.1 Å². The third-order valence-electron chi connectivity index (χ3n) is 4.91. The van der Waals surface area contributed by atoms with Gasteiger partial charge in [0.15, 0.2) is 0 Å². The van der Waals surface area contributed by atoms with E-state index < -0.39 is 11.4 Å². The van der Waals surface area contributed by atoms with E-state index in [1.807, 2.05) is 30.3 Å². The van der Waals surface area contributed by atoms with Crippen molar-refractivity contribution in [3.63, 3.8) is 0 Å². The van der Waals surface area contributed by atoms with E-state index in [9.17, 15) is 10.1 Å². The largest absolute Gasteiger partial charge is 0.481 e. The molecule has 20 heavy (non-hydrogen) atoms. The zero-order valence-corrected chi connectivity index (χ0v) is 11.2. The van der Waals surface area contributed by atoms with E-state index in [0.717, 1.165) is 12.0 Å². The lowest BCUT2D eigenvalue weighted by molar-refractivity contribution is -0.137. The number of hydrogen-bond donors (Lipinski definition) is 1. The van der Waals surface area contributed by atoms with Gasteiger partial charge in [0, 0.05) is 12.3 Å². The standard InChI is InChI=1S/C17H17NO2/c18-11-17(13-4-2-1-3-5-13)14-7-6-12(10-14)15(17)8-9-16(19)20/h1-7,12,14-15H,8-10H2,(H,19,20). The van der Waals surface area contributed by atoms with Gasteiger partial charge in [-0.3, -0.25) is 4.79 Å². The van der Waals surface area contributed by atoms with Crippen molar-refractivity contribution >= 4 is 5.97 Å². The van der Waals surface area contributed by atoms with Crippen LogP contribution in [0.5, 0.6) is 0 Å². The van der Waals surface area contributed by atoms with Crippen molar-refractivity contribution in [2.45, 2.75) is 24.7 Å². The summed E-state index contributed by atoms with van der Waals surface area (Å²) in [6.45, 7) is 0. The van der Waals surface area contributed by atoms with Crippen LogP contribution in [0.15, 0.2) is 42.5 Å². The molecule has 2 aliphatic rings. The first-order chi connectivity index (χ1) is 9.68. The van der Waals surface area contributed by atoms with Crippen molar-refractivity contribution in [2.24, 2.45) is 17.8 Å². The van der Waals surface area contributed by atoms with Crippen molar-refractivity contribution in [3.05, 3.63) is 48.0 Å². The number of nitriles is 1. The van der Waals surface area contributed by atoms with Gasteiger partial charge >= 0.3 is 5.97 Å². The van der Waals surface area contributed by atoms with Crippen LogP contribution in [0.2, 0.25) is 0 Å². The third kappa shape index (κ3) is 1.76. The van der Waals surface area contributed by atoms with E-state index in [0.29, 0.717) is 12.3 Å². The molecule has 0 aromatic heterocycles. The van der Waals surface area contributed by atoms with E-state index >= 15 is 0 Å². The number of nitrogens with zero attached hydrogens (tertiary/aromatic N) is 1. The predicted octanol–water partition coefficient (Wildman–Crippen LogP) is 3.13. The molecule has 3 nitrogen and oxygen atoms in total. The number of allylic oxidation sites excluding steroid dienone is 2. The minimum Gasteiger partial charge on any atom is -0.481 e. The van der Waals surface area contributed by atoms with Crippen molar-refractivity contribution in [1.29, 1.82) is 5.26 Å². The Morgan fingerprint density at radius 2 is 2.10 bits per heavy atom. The number of hydrogen-bond acceptors (Lipinski definition) is 2. The molecule has 1 fully saturated rings. The van der Waals surface area contributed by atoms with E-state index in [1.54, 1.807) is 0 Å². The van der Waals surface area contributed by atoms with Crippen LogP contribution in [0.1, 0.15) is 24.8 Å². The van der Waals surface area contributed by atoms with Crippen molar-refractivity contribution in [1.82, 2.24) is 0 Å². The summed E-state index contributed by atoms with van der Waals surface area (Å²) in [6.07, 6.45) is 6.02. The minimum atomic E-state index is -0.781. The second-order valence-corrected chi connectivity index (χ2v) is 5.78. The first kappa shape index (κ1) is 12.9. The SMILES string of the molecule is N#CC1(c2ccccc2)C2C=CC(C2)C1CCC(=O)O. The van der Waals surface area contributed by atoms with Gasteiger partial charge in [0.2, 0.25) is 0 Å². The maximum Gasteiger partial charge on any atom is 0.303 e. The Balaban J connectivity index is 2.01. The highest BCUT2D eigenvalue weighted by atomic mass is 16.4. The van der Waals surface area contributed by atoms with Gasteiger partial charge in [-0.05, 0) is 30.2 Å². The predicted molar refractivity (Wildman–Crippen MR) is 74.8 cm³/mol. The van der Waals surface area contributed by atoms with Crippen LogP contribution in [0.4, 0.5) is 0 Å². The monoisotopic (exact) mass is 267 g/mol. The Bertz CT molecular complexity index is 587. The van der Waals surface area contributed by atoms with Crippen LogP contribution in [0.3, 0.4) is 0 Å². The number of benzene rings is 1. The molecule has 0 aliphatic heterocycles. The summed E-state index contributed by atoms with van der Waals surface area (Å²) >= 11 is 0. The van der Waals surface area contributed by atoms with Crippen LogP contribution < -0.4 is 0 Å². The van der Waals surface area contributed by atoms with Gasteiger partial charge in [0.1, 0.15) is 0 Å². The Morgan fingerprint density at radius 1 is 1.35 bits per heavy atom. The molecule has 0 spiro atoms. The molecule has 4 unspecified atom stereocenters. The molecule has 0 heterocycles. The summed E-state index contributed by atoms with van der Waals surface area (Å²) < 4.78 is 0. The second kappa shape index (κ2) is 4.79. The van der Waals surface area contributed by atoms with Gasteiger partial charge in [-0.15, -0.1) is 0 Å². The van der Waals surface area contributed by atoms with E-state index in [2.05, 4.69) is 18.2 Å². The highest BCUT2D eigenvalue weighted by Gasteiger charge is 2.57. The average Bonchev–Trinajstić information content (AvgIpc) is 3.05. The third-order valence-corrected chi connectivity index (χ3v) is 4.91. The smallest absolute Gasteiger partial charge is 0.303 e. The number of carboxylic acid groups (broad SMARTS) is 1. The first-order valence-corrected chi connectivity index (χ1v) is 7.05. The quantitative estimate of drug-likeness (QED) is 0.852. The highest BCUT2D eigenvalue weighted by molar-refractivity contribution is 5.66. The lowest BCUT2D eigenvalue weighted by Crippen LogP contribution is -2.38. The van der Waals surface area contributed by atoms with Gasteiger partial charge in [-0.2, -0.15) is 5.26 Å². The number of rotatable bonds is 4. The molecule has 1 aromatic carbocycles. The molecule has 102 valence electrons. The minimum absolute atomic E-state index is 0.112. The molecule has 3 heteroatoms. The Labute approximate surface area is 118 Å². The van der Waals surface area contributed by atoms with E-state index in [1.165, 1.54) is 0 Å².